The van der Waals surface area contributed by atoms with Crippen LogP contribution in [-0.4, -0.2) is 40.0 Å². The number of esters is 2. The number of rotatable bonds is 1. The van der Waals surface area contributed by atoms with Crippen molar-refractivity contribution in [3.63, 3.8) is 0 Å². The van der Waals surface area contributed by atoms with Gasteiger partial charge in [0.25, 0.3) is 0 Å². The van der Waals surface area contributed by atoms with E-state index in [0.29, 0.717) is 25.7 Å². The molecule has 0 spiro atoms. The Kier molecular flexibility index (Phi) is 3.29. The van der Waals surface area contributed by atoms with Crippen LogP contribution < -0.4 is 0 Å². The predicted octanol–water partition coefficient (Wildman–Crippen LogP) is 1.73. The third-order valence-corrected chi connectivity index (χ3v) is 8.11. The second-order valence-electron chi connectivity index (χ2n) is 9.07. The Hall–Kier alpha value is -1.86. The van der Waals surface area contributed by atoms with Gasteiger partial charge in [0, 0.05) is 5.56 Å². The minimum atomic E-state index is -1.93. The van der Waals surface area contributed by atoms with Gasteiger partial charge in [0.15, 0.2) is 5.60 Å². The molecule has 1 aromatic heterocycles. The zero-order valence-electron chi connectivity index (χ0n) is 15.4. The zero-order valence-corrected chi connectivity index (χ0v) is 15.4. The van der Waals surface area contributed by atoms with Crippen molar-refractivity contribution in [3.05, 3.63) is 24.2 Å². The number of hydrogen-bond donors (Lipinski definition) is 2. The summed E-state index contributed by atoms with van der Waals surface area (Å²) in [6.45, 7) is 3.89. The van der Waals surface area contributed by atoms with Crippen molar-refractivity contribution in [1.82, 2.24) is 0 Å². The molecule has 27 heavy (non-hydrogen) atoms. The molecule has 7 heteroatoms. The molecule has 0 amide bonds. The molecule has 2 saturated carbocycles. The van der Waals surface area contributed by atoms with Crippen LogP contribution in [0.4, 0.5) is 0 Å². The SMILES string of the molecule is C[C@@]12C[C@@H](c3ccoc3)OC(=O)[C@@H]1C[C@@H]1OC(=O)[C@@]3(O)[C@@H](O)CC[C@@H]2[C@@]13C. The Morgan fingerprint density at radius 1 is 1.19 bits per heavy atom. The predicted molar refractivity (Wildman–Crippen MR) is 90.0 cm³/mol. The van der Waals surface area contributed by atoms with Crippen LogP contribution >= 0.6 is 0 Å². The van der Waals surface area contributed by atoms with Crippen molar-refractivity contribution in [2.45, 2.75) is 63.4 Å². The van der Waals surface area contributed by atoms with Crippen molar-refractivity contribution >= 4 is 11.9 Å². The minimum absolute atomic E-state index is 0.157. The summed E-state index contributed by atoms with van der Waals surface area (Å²) in [4.78, 5) is 25.5. The molecule has 3 heterocycles. The highest BCUT2D eigenvalue weighted by atomic mass is 16.6. The summed E-state index contributed by atoms with van der Waals surface area (Å²) in [5.74, 6) is -1.63. The average molecular weight is 376 g/mol. The monoisotopic (exact) mass is 376 g/mol. The molecular formula is C20H24O7. The average Bonchev–Trinajstić information content (AvgIpc) is 3.20. The largest absolute Gasteiger partial charge is 0.472 e. The van der Waals surface area contributed by atoms with Crippen LogP contribution in [0.15, 0.2) is 23.0 Å². The van der Waals surface area contributed by atoms with Crippen LogP contribution in [0, 0.1) is 22.7 Å². The van der Waals surface area contributed by atoms with Gasteiger partial charge < -0.3 is 24.1 Å². The maximum atomic E-state index is 12.9. The topological polar surface area (TPSA) is 106 Å². The number of carbonyl (C=O) groups is 2. The quantitative estimate of drug-likeness (QED) is 0.719. The van der Waals surface area contributed by atoms with E-state index in [2.05, 4.69) is 6.92 Å². The van der Waals surface area contributed by atoms with E-state index in [9.17, 15) is 19.8 Å². The summed E-state index contributed by atoms with van der Waals surface area (Å²) in [5.41, 5.74) is -2.54. The van der Waals surface area contributed by atoms with E-state index in [1.54, 1.807) is 18.6 Å². The molecule has 2 aliphatic heterocycles. The van der Waals surface area contributed by atoms with Crippen LogP contribution in [0.2, 0.25) is 0 Å². The second-order valence-corrected chi connectivity index (χ2v) is 9.07. The molecule has 2 aliphatic carbocycles. The van der Waals surface area contributed by atoms with Gasteiger partial charge in [0.2, 0.25) is 0 Å². The standard InChI is InChI=1S/C20H24O7/c1-18-8-12(10-5-6-25-9-10)26-16(22)11(18)7-15-19(2)13(18)3-4-14(21)20(19,24)17(23)27-15/h5-6,9,11-15,21,24H,3-4,7-8H2,1-2H3/t11-,12-,13-,14-,15-,18+,19-,20-/m0/s1. The maximum absolute atomic E-state index is 12.9. The summed E-state index contributed by atoms with van der Waals surface area (Å²) < 4.78 is 16.4. The number of cyclic esters (lactones) is 1. The Labute approximate surface area is 156 Å². The highest BCUT2D eigenvalue weighted by Crippen LogP contribution is 2.69. The van der Waals surface area contributed by atoms with E-state index in [4.69, 9.17) is 13.9 Å². The molecule has 7 nitrogen and oxygen atoms in total. The van der Waals surface area contributed by atoms with Crippen molar-refractivity contribution in [1.29, 1.82) is 0 Å². The molecule has 0 radical (unpaired) electrons. The first-order valence-electron chi connectivity index (χ1n) is 9.57. The first kappa shape index (κ1) is 17.3. The fraction of sp³-hybridized carbons (Fsp3) is 0.700. The molecule has 8 atom stereocenters. The summed E-state index contributed by atoms with van der Waals surface area (Å²) >= 11 is 0. The Morgan fingerprint density at radius 2 is 1.96 bits per heavy atom. The first-order chi connectivity index (χ1) is 12.7. The lowest BCUT2D eigenvalue weighted by Crippen LogP contribution is -2.70. The lowest BCUT2D eigenvalue weighted by molar-refractivity contribution is -0.244. The molecule has 0 aromatic carbocycles. The van der Waals surface area contributed by atoms with Gasteiger partial charge in [-0.05, 0) is 43.1 Å². The highest BCUT2D eigenvalue weighted by molar-refractivity contribution is 5.85. The van der Waals surface area contributed by atoms with E-state index in [0.717, 1.165) is 5.56 Å². The summed E-state index contributed by atoms with van der Waals surface area (Å²) in [6, 6.07) is 1.79. The van der Waals surface area contributed by atoms with Gasteiger partial charge in [-0.1, -0.05) is 13.8 Å². The van der Waals surface area contributed by atoms with E-state index in [1.165, 1.54) is 0 Å². The lowest BCUT2D eigenvalue weighted by atomic mass is 9.42. The third-order valence-electron chi connectivity index (χ3n) is 8.11. The number of carbonyl (C=O) groups excluding carboxylic acids is 2. The smallest absolute Gasteiger partial charge is 0.341 e. The first-order valence-corrected chi connectivity index (χ1v) is 9.57. The number of aliphatic hydroxyl groups is 2. The molecule has 0 bridgehead atoms. The number of fused-ring (bicyclic) bond motifs is 2. The normalized spacial score (nSPS) is 51.2. The van der Waals surface area contributed by atoms with E-state index < -0.39 is 46.6 Å². The molecule has 4 aliphatic rings. The third kappa shape index (κ3) is 1.84. The van der Waals surface area contributed by atoms with Gasteiger partial charge in [-0.15, -0.1) is 0 Å². The van der Waals surface area contributed by atoms with Crippen LogP contribution in [-0.2, 0) is 19.1 Å². The van der Waals surface area contributed by atoms with Gasteiger partial charge in [0.05, 0.1) is 30.0 Å². The van der Waals surface area contributed by atoms with Crippen LogP contribution in [0.25, 0.3) is 0 Å². The number of hydrogen-bond acceptors (Lipinski definition) is 7. The molecule has 2 N–H and O–H groups in total. The molecule has 2 saturated heterocycles. The van der Waals surface area contributed by atoms with Crippen molar-refractivity contribution in [2.24, 2.45) is 22.7 Å². The van der Waals surface area contributed by atoms with E-state index >= 15 is 0 Å². The van der Waals surface area contributed by atoms with Gasteiger partial charge >= 0.3 is 11.9 Å². The zero-order chi connectivity index (χ0) is 19.2. The highest BCUT2D eigenvalue weighted by Gasteiger charge is 2.78. The Balaban J connectivity index is 1.61. The minimum Gasteiger partial charge on any atom is -0.472 e. The number of aliphatic hydroxyl groups excluding tert-OH is 1. The van der Waals surface area contributed by atoms with Gasteiger partial charge in [0.1, 0.15) is 12.2 Å². The lowest BCUT2D eigenvalue weighted by Gasteiger charge is -2.62. The van der Waals surface area contributed by atoms with Crippen LogP contribution in [0.5, 0.6) is 0 Å². The van der Waals surface area contributed by atoms with E-state index in [-0.39, 0.29) is 11.9 Å². The fourth-order valence-electron chi connectivity index (χ4n) is 6.62. The van der Waals surface area contributed by atoms with Crippen LogP contribution in [0.3, 0.4) is 0 Å². The molecule has 1 aromatic rings. The summed E-state index contributed by atoms with van der Waals surface area (Å²) in [7, 11) is 0. The van der Waals surface area contributed by atoms with Crippen molar-refractivity contribution in [3.8, 4) is 0 Å². The molecule has 146 valence electrons. The van der Waals surface area contributed by atoms with Crippen LogP contribution in [0.1, 0.15) is 51.2 Å². The van der Waals surface area contributed by atoms with Crippen molar-refractivity contribution < 1.29 is 33.7 Å². The molecular weight excluding hydrogens is 352 g/mol. The van der Waals surface area contributed by atoms with Gasteiger partial charge in [-0.2, -0.15) is 0 Å². The Morgan fingerprint density at radius 3 is 2.67 bits per heavy atom. The maximum Gasteiger partial charge on any atom is 0.341 e. The summed E-state index contributed by atoms with van der Waals surface area (Å²) in [5, 5.41) is 21.8. The fourth-order valence-corrected chi connectivity index (χ4v) is 6.62. The Bertz CT molecular complexity index is 803. The van der Waals surface area contributed by atoms with E-state index in [1.807, 2.05) is 6.92 Å². The van der Waals surface area contributed by atoms with Crippen molar-refractivity contribution in [2.75, 3.05) is 0 Å². The summed E-state index contributed by atoms with van der Waals surface area (Å²) in [6.07, 6.45) is 2.75. The number of furan rings is 1. The second kappa shape index (κ2) is 5.14. The molecule has 0 unspecified atom stereocenters. The molecule has 4 fully saturated rings. The number of ether oxygens (including phenoxy) is 2. The van der Waals surface area contributed by atoms with Gasteiger partial charge in [-0.25, -0.2) is 4.79 Å². The molecule has 5 rings (SSSR count). The van der Waals surface area contributed by atoms with Gasteiger partial charge in [-0.3, -0.25) is 4.79 Å².